The lowest BCUT2D eigenvalue weighted by Gasteiger charge is -2.10. The summed E-state index contributed by atoms with van der Waals surface area (Å²) < 4.78 is 38.0. The largest absolute Gasteiger partial charge is 0.416 e. The molecule has 0 unspecified atom stereocenters. The Morgan fingerprint density at radius 2 is 2.11 bits per heavy atom. The molecule has 0 saturated heterocycles. The van der Waals surface area contributed by atoms with Gasteiger partial charge in [-0.15, -0.1) is 10.2 Å². The van der Waals surface area contributed by atoms with Crippen LogP contribution in [0.1, 0.15) is 15.9 Å². The van der Waals surface area contributed by atoms with Gasteiger partial charge in [-0.25, -0.2) is 0 Å². The number of alkyl halides is 3. The first kappa shape index (κ1) is 13.9. The Balaban J connectivity index is 2.31. The molecular weight excluding hydrogens is 347 g/mol. The molecule has 0 spiro atoms. The molecule has 0 fully saturated rings. The number of amides is 1. The van der Waals surface area contributed by atoms with Gasteiger partial charge in [0.2, 0.25) is 5.13 Å². The number of benzene rings is 1. The maximum absolute atomic E-state index is 12.6. The van der Waals surface area contributed by atoms with E-state index in [4.69, 9.17) is 0 Å². The standard InChI is InChI=1S/C10H5BrF3N3OS/c11-7-2-1-5(10(12,13)14)3-6(7)8(18)16-9-17-15-4-19-9/h1-4H,(H,16,17,18). The average Bonchev–Trinajstić information content (AvgIpc) is 2.80. The fourth-order valence-corrected chi connectivity index (χ4v) is 2.13. The third-order valence-corrected chi connectivity index (χ3v) is 3.42. The molecule has 0 bridgehead atoms. The molecule has 9 heteroatoms. The van der Waals surface area contributed by atoms with Crippen LogP contribution >= 0.6 is 27.3 Å². The monoisotopic (exact) mass is 351 g/mol. The number of hydrogen-bond donors (Lipinski definition) is 1. The molecule has 0 aliphatic carbocycles. The van der Waals surface area contributed by atoms with Gasteiger partial charge in [0.05, 0.1) is 11.1 Å². The summed E-state index contributed by atoms with van der Waals surface area (Å²) in [5, 5.41) is 9.68. The second-order valence-corrected chi connectivity index (χ2v) is 5.08. The number of carbonyl (C=O) groups excluding carboxylic acids is 1. The van der Waals surface area contributed by atoms with Gasteiger partial charge in [-0.2, -0.15) is 13.2 Å². The van der Waals surface area contributed by atoms with Crippen LogP contribution in [0.25, 0.3) is 0 Å². The van der Waals surface area contributed by atoms with Crippen LogP contribution in [-0.4, -0.2) is 16.1 Å². The molecule has 1 heterocycles. The molecule has 19 heavy (non-hydrogen) atoms. The number of hydrogen-bond acceptors (Lipinski definition) is 4. The van der Waals surface area contributed by atoms with E-state index >= 15 is 0 Å². The third kappa shape index (κ3) is 3.29. The van der Waals surface area contributed by atoms with E-state index in [1.54, 1.807) is 0 Å². The van der Waals surface area contributed by atoms with Crippen molar-refractivity contribution in [3.8, 4) is 0 Å². The summed E-state index contributed by atoms with van der Waals surface area (Å²) >= 11 is 4.11. The van der Waals surface area contributed by atoms with Gasteiger partial charge < -0.3 is 0 Å². The summed E-state index contributed by atoms with van der Waals surface area (Å²) in [7, 11) is 0. The SMILES string of the molecule is O=C(Nc1nncs1)c1cc(C(F)(F)F)ccc1Br. The Morgan fingerprint density at radius 1 is 1.37 bits per heavy atom. The van der Waals surface area contributed by atoms with Crippen LogP contribution in [0, 0.1) is 0 Å². The molecule has 0 aliphatic heterocycles. The lowest BCUT2D eigenvalue weighted by Crippen LogP contribution is -2.14. The Labute approximate surface area is 117 Å². The topological polar surface area (TPSA) is 54.9 Å². The van der Waals surface area contributed by atoms with Gasteiger partial charge in [0.15, 0.2) is 0 Å². The molecule has 1 aromatic heterocycles. The number of halogens is 4. The fourth-order valence-electron chi connectivity index (χ4n) is 1.27. The number of rotatable bonds is 2. The molecule has 0 radical (unpaired) electrons. The molecule has 1 aromatic carbocycles. The summed E-state index contributed by atoms with van der Waals surface area (Å²) in [5.41, 5.74) is 0.389. The highest BCUT2D eigenvalue weighted by atomic mass is 79.9. The van der Waals surface area contributed by atoms with Crippen LogP contribution < -0.4 is 5.32 Å². The van der Waals surface area contributed by atoms with E-state index < -0.39 is 17.6 Å². The third-order valence-electron chi connectivity index (χ3n) is 2.12. The van der Waals surface area contributed by atoms with Crippen molar-refractivity contribution < 1.29 is 18.0 Å². The zero-order valence-corrected chi connectivity index (χ0v) is 11.4. The van der Waals surface area contributed by atoms with E-state index in [-0.39, 0.29) is 15.2 Å². The van der Waals surface area contributed by atoms with Crippen molar-refractivity contribution in [2.24, 2.45) is 0 Å². The van der Waals surface area contributed by atoms with E-state index in [2.05, 4.69) is 31.4 Å². The predicted octanol–water partition coefficient (Wildman–Crippen LogP) is 3.57. The zero-order chi connectivity index (χ0) is 14.0. The van der Waals surface area contributed by atoms with Crippen LogP contribution in [0.4, 0.5) is 18.3 Å². The molecule has 0 aliphatic rings. The van der Waals surface area contributed by atoms with E-state index in [1.807, 2.05) is 0 Å². The van der Waals surface area contributed by atoms with Crippen molar-refractivity contribution >= 4 is 38.3 Å². The first-order valence-corrected chi connectivity index (χ1v) is 6.49. The van der Waals surface area contributed by atoms with Crippen molar-refractivity contribution in [3.63, 3.8) is 0 Å². The highest BCUT2D eigenvalue weighted by Gasteiger charge is 2.31. The van der Waals surface area contributed by atoms with Gasteiger partial charge >= 0.3 is 6.18 Å². The van der Waals surface area contributed by atoms with E-state index in [0.717, 1.165) is 23.5 Å². The maximum atomic E-state index is 12.6. The summed E-state index contributed by atoms with van der Waals surface area (Å²) in [4.78, 5) is 11.8. The molecule has 0 saturated carbocycles. The van der Waals surface area contributed by atoms with Crippen LogP contribution in [0.15, 0.2) is 28.2 Å². The van der Waals surface area contributed by atoms with Gasteiger partial charge in [-0.1, -0.05) is 11.3 Å². The molecule has 0 atom stereocenters. The van der Waals surface area contributed by atoms with E-state index in [0.29, 0.717) is 0 Å². The summed E-state index contributed by atoms with van der Waals surface area (Å²) in [5.74, 6) is -0.685. The van der Waals surface area contributed by atoms with Crippen LogP contribution in [0.3, 0.4) is 0 Å². The van der Waals surface area contributed by atoms with Gasteiger partial charge in [-0.05, 0) is 34.1 Å². The highest BCUT2D eigenvalue weighted by molar-refractivity contribution is 9.10. The van der Waals surface area contributed by atoms with Crippen molar-refractivity contribution in [3.05, 3.63) is 39.3 Å². The van der Waals surface area contributed by atoms with Gasteiger partial charge in [-0.3, -0.25) is 10.1 Å². The lowest BCUT2D eigenvalue weighted by atomic mass is 10.1. The molecule has 100 valence electrons. The minimum Gasteiger partial charge on any atom is -0.296 e. The van der Waals surface area contributed by atoms with Crippen molar-refractivity contribution in [1.29, 1.82) is 0 Å². The van der Waals surface area contributed by atoms with Crippen LogP contribution in [0.2, 0.25) is 0 Å². The number of nitrogens with zero attached hydrogens (tertiary/aromatic N) is 2. The second-order valence-electron chi connectivity index (χ2n) is 3.39. The Morgan fingerprint density at radius 3 is 2.68 bits per heavy atom. The van der Waals surface area contributed by atoms with Crippen molar-refractivity contribution in [2.45, 2.75) is 6.18 Å². The smallest absolute Gasteiger partial charge is 0.296 e. The minimum atomic E-state index is -4.50. The fraction of sp³-hybridized carbons (Fsp3) is 0.100. The summed E-state index contributed by atoms with van der Waals surface area (Å²) in [6.07, 6.45) is -4.50. The van der Waals surface area contributed by atoms with Gasteiger partial charge in [0, 0.05) is 4.47 Å². The van der Waals surface area contributed by atoms with E-state index in [9.17, 15) is 18.0 Å². The number of nitrogens with one attached hydrogen (secondary N) is 1. The maximum Gasteiger partial charge on any atom is 0.416 e. The summed E-state index contributed by atoms with van der Waals surface area (Å²) in [6, 6.07) is 2.85. The zero-order valence-electron chi connectivity index (χ0n) is 9.03. The molecule has 1 N–H and O–H groups in total. The average molecular weight is 352 g/mol. The first-order valence-electron chi connectivity index (χ1n) is 4.82. The van der Waals surface area contributed by atoms with Crippen molar-refractivity contribution in [2.75, 3.05) is 5.32 Å². The van der Waals surface area contributed by atoms with Crippen molar-refractivity contribution in [1.82, 2.24) is 10.2 Å². The first-order chi connectivity index (χ1) is 8.88. The Hall–Kier alpha value is -1.48. The Bertz CT molecular complexity index is 601. The highest BCUT2D eigenvalue weighted by Crippen LogP contribution is 2.32. The van der Waals surface area contributed by atoms with Crippen LogP contribution in [0.5, 0.6) is 0 Å². The quantitative estimate of drug-likeness (QED) is 0.899. The minimum absolute atomic E-state index is 0.120. The van der Waals surface area contributed by atoms with Crippen LogP contribution in [-0.2, 0) is 6.18 Å². The molecule has 2 rings (SSSR count). The number of aromatic nitrogens is 2. The number of anilines is 1. The summed E-state index contributed by atoms with van der Waals surface area (Å²) in [6.45, 7) is 0. The van der Waals surface area contributed by atoms with E-state index in [1.165, 1.54) is 11.6 Å². The molecular formula is C10H5BrF3N3OS. The van der Waals surface area contributed by atoms with Gasteiger partial charge in [0.1, 0.15) is 5.51 Å². The van der Waals surface area contributed by atoms with Gasteiger partial charge in [0.25, 0.3) is 5.91 Å². The predicted molar refractivity (Wildman–Crippen MR) is 67.0 cm³/mol. The second kappa shape index (κ2) is 5.25. The lowest BCUT2D eigenvalue weighted by molar-refractivity contribution is -0.137. The Kier molecular flexibility index (Phi) is 3.85. The normalized spacial score (nSPS) is 11.4. The molecule has 2 aromatic rings. The number of carbonyl (C=O) groups is 1. The molecule has 4 nitrogen and oxygen atoms in total. The molecule has 1 amide bonds.